The minimum absolute atomic E-state index is 0.307. The van der Waals surface area contributed by atoms with Crippen molar-refractivity contribution in [1.82, 2.24) is 20.2 Å². The standard InChI is InChI=1S/C28H41N7S/c1-9-19(5)20(6)17-35(18(3)4)27-16-25(30-26-15-22(8)33-34-26)31-28(32-27)36-24-13-11-23(12-14-24)29-21(7)10-2/h11-16,18-20,29H,7,9-10,17H2,1-6,8H3,(H2,30,31,32,33,34). The summed E-state index contributed by atoms with van der Waals surface area (Å²) >= 11 is 1.56. The summed E-state index contributed by atoms with van der Waals surface area (Å²) in [5.41, 5.74) is 3.02. The minimum Gasteiger partial charge on any atom is -0.359 e. The number of hydrogen-bond acceptors (Lipinski definition) is 7. The molecular weight excluding hydrogens is 466 g/mol. The number of hydrogen-bond donors (Lipinski definition) is 3. The zero-order chi connectivity index (χ0) is 26.2. The first-order valence-corrected chi connectivity index (χ1v) is 13.7. The van der Waals surface area contributed by atoms with E-state index < -0.39 is 0 Å². The van der Waals surface area contributed by atoms with Gasteiger partial charge in [0.15, 0.2) is 11.0 Å². The molecule has 0 aliphatic rings. The molecular formula is C28H41N7S. The fourth-order valence-corrected chi connectivity index (χ4v) is 4.51. The van der Waals surface area contributed by atoms with Crippen molar-refractivity contribution in [3.05, 3.63) is 54.4 Å². The Kier molecular flexibility index (Phi) is 9.81. The lowest BCUT2D eigenvalue weighted by Gasteiger charge is -2.33. The molecule has 0 aliphatic heterocycles. The molecule has 0 amide bonds. The van der Waals surface area contributed by atoms with E-state index in [1.165, 1.54) is 6.42 Å². The Hall–Kier alpha value is -3.00. The molecule has 0 saturated carbocycles. The molecule has 36 heavy (non-hydrogen) atoms. The zero-order valence-corrected chi connectivity index (χ0v) is 23.5. The molecule has 0 fully saturated rings. The van der Waals surface area contributed by atoms with Gasteiger partial charge in [-0.2, -0.15) is 5.10 Å². The van der Waals surface area contributed by atoms with Gasteiger partial charge in [0, 0.05) is 46.7 Å². The maximum Gasteiger partial charge on any atom is 0.196 e. The van der Waals surface area contributed by atoms with Gasteiger partial charge < -0.3 is 15.5 Å². The van der Waals surface area contributed by atoms with Gasteiger partial charge in [-0.3, -0.25) is 5.10 Å². The number of nitrogens with zero attached hydrogens (tertiary/aromatic N) is 4. The molecule has 2 aromatic heterocycles. The summed E-state index contributed by atoms with van der Waals surface area (Å²) in [4.78, 5) is 13.3. The van der Waals surface area contributed by atoms with Crippen LogP contribution in [-0.4, -0.2) is 32.8 Å². The van der Waals surface area contributed by atoms with Crippen molar-refractivity contribution < 1.29 is 0 Å². The number of H-pyrrole nitrogens is 1. The minimum atomic E-state index is 0.307. The van der Waals surface area contributed by atoms with Crippen LogP contribution in [0.4, 0.5) is 23.1 Å². The van der Waals surface area contributed by atoms with Crippen LogP contribution in [-0.2, 0) is 0 Å². The van der Waals surface area contributed by atoms with Crippen molar-refractivity contribution in [1.29, 1.82) is 0 Å². The molecule has 1 aromatic carbocycles. The number of allylic oxidation sites excluding steroid dienone is 1. The molecule has 2 atom stereocenters. The molecule has 0 spiro atoms. The van der Waals surface area contributed by atoms with Gasteiger partial charge in [0.05, 0.1) is 0 Å². The second-order valence-corrected chi connectivity index (χ2v) is 10.8. The highest BCUT2D eigenvalue weighted by atomic mass is 32.2. The van der Waals surface area contributed by atoms with Crippen molar-refractivity contribution in [2.75, 3.05) is 22.1 Å². The molecule has 194 valence electrons. The topological polar surface area (TPSA) is 81.8 Å². The van der Waals surface area contributed by atoms with Gasteiger partial charge in [-0.05, 0) is 75.1 Å². The van der Waals surface area contributed by atoms with E-state index in [0.717, 1.165) is 52.4 Å². The van der Waals surface area contributed by atoms with Crippen LogP contribution >= 0.6 is 11.8 Å². The fraction of sp³-hybridized carbons (Fsp3) is 0.464. The van der Waals surface area contributed by atoms with Gasteiger partial charge in [0.25, 0.3) is 0 Å². The summed E-state index contributed by atoms with van der Waals surface area (Å²) in [5, 5.41) is 14.7. The van der Waals surface area contributed by atoms with E-state index in [9.17, 15) is 0 Å². The Balaban J connectivity index is 1.91. The average molecular weight is 508 g/mol. The monoisotopic (exact) mass is 507 g/mol. The molecule has 3 N–H and O–H groups in total. The molecule has 0 saturated heterocycles. The van der Waals surface area contributed by atoms with Crippen LogP contribution in [0.2, 0.25) is 0 Å². The maximum absolute atomic E-state index is 5.00. The van der Waals surface area contributed by atoms with Crippen molar-refractivity contribution in [2.24, 2.45) is 11.8 Å². The van der Waals surface area contributed by atoms with Crippen LogP contribution in [0.3, 0.4) is 0 Å². The lowest BCUT2D eigenvalue weighted by Crippen LogP contribution is -2.37. The van der Waals surface area contributed by atoms with E-state index in [2.05, 4.69) is 98.1 Å². The second kappa shape index (κ2) is 12.8. The quantitative estimate of drug-likeness (QED) is 0.205. The first-order valence-electron chi connectivity index (χ1n) is 12.9. The molecule has 3 aromatic rings. The Morgan fingerprint density at radius 1 is 1.03 bits per heavy atom. The predicted molar refractivity (Wildman–Crippen MR) is 153 cm³/mol. The number of rotatable bonds is 13. The van der Waals surface area contributed by atoms with Gasteiger partial charge in [-0.1, -0.05) is 40.7 Å². The Morgan fingerprint density at radius 2 is 1.75 bits per heavy atom. The number of aromatic amines is 1. The SMILES string of the molecule is C=C(CC)Nc1ccc(Sc2nc(Nc3cc(C)[nH]n3)cc(N(CC(C)C(C)CC)C(C)C)n2)cc1. The Bertz CT molecular complexity index is 1120. The third-order valence-electron chi connectivity index (χ3n) is 6.48. The van der Waals surface area contributed by atoms with Crippen LogP contribution in [0.5, 0.6) is 0 Å². The molecule has 8 heteroatoms. The highest BCUT2D eigenvalue weighted by Crippen LogP contribution is 2.31. The van der Waals surface area contributed by atoms with Crippen LogP contribution in [0.15, 0.2) is 58.7 Å². The van der Waals surface area contributed by atoms with Crippen LogP contribution < -0.4 is 15.5 Å². The molecule has 0 bridgehead atoms. The van der Waals surface area contributed by atoms with E-state index >= 15 is 0 Å². The summed E-state index contributed by atoms with van der Waals surface area (Å²) in [7, 11) is 0. The fourth-order valence-electron chi connectivity index (χ4n) is 3.75. The van der Waals surface area contributed by atoms with E-state index in [-0.39, 0.29) is 0 Å². The van der Waals surface area contributed by atoms with Gasteiger partial charge in [-0.15, -0.1) is 0 Å². The van der Waals surface area contributed by atoms with Gasteiger partial charge in [0.1, 0.15) is 11.6 Å². The van der Waals surface area contributed by atoms with E-state index in [1.54, 1.807) is 11.8 Å². The number of anilines is 4. The number of nitrogens with one attached hydrogen (secondary N) is 3. The molecule has 2 unspecified atom stereocenters. The molecule has 2 heterocycles. The van der Waals surface area contributed by atoms with Gasteiger partial charge >= 0.3 is 0 Å². The van der Waals surface area contributed by atoms with Crippen molar-refractivity contribution in [2.45, 2.75) is 77.4 Å². The summed E-state index contributed by atoms with van der Waals surface area (Å²) in [5.74, 6) is 3.58. The summed E-state index contributed by atoms with van der Waals surface area (Å²) in [6, 6.07) is 12.6. The first kappa shape index (κ1) is 27.6. The highest BCUT2D eigenvalue weighted by Gasteiger charge is 2.21. The zero-order valence-electron chi connectivity index (χ0n) is 22.7. The maximum atomic E-state index is 5.00. The smallest absolute Gasteiger partial charge is 0.196 e. The van der Waals surface area contributed by atoms with Crippen molar-refractivity contribution >= 4 is 34.9 Å². The van der Waals surface area contributed by atoms with Gasteiger partial charge in [0.2, 0.25) is 0 Å². The van der Waals surface area contributed by atoms with E-state index in [1.807, 2.05) is 19.1 Å². The van der Waals surface area contributed by atoms with E-state index in [0.29, 0.717) is 23.0 Å². The Morgan fingerprint density at radius 3 is 2.33 bits per heavy atom. The molecule has 7 nitrogen and oxygen atoms in total. The summed E-state index contributed by atoms with van der Waals surface area (Å²) < 4.78 is 0. The predicted octanol–water partition coefficient (Wildman–Crippen LogP) is 7.64. The van der Waals surface area contributed by atoms with Crippen LogP contribution in [0, 0.1) is 18.8 Å². The largest absolute Gasteiger partial charge is 0.359 e. The highest BCUT2D eigenvalue weighted by molar-refractivity contribution is 7.99. The van der Waals surface area contributed by atoms with Crippen molar-refractivity contribution in [3.63, 3.8) is 0 Å². The van der Waals surface area contributed by atoms with Crippen molar-refractivity contribution in [3.8, 4) is 0 Å². The first-order chi connectivity index (χ1) is 17.2. The average Bonchev–Trinajstić information content (AvgIpc) is 3.26. The van der Waals surface area contributed by atoms with Crippen LogP contribution in [0.1, 0.15) is 60.1 Å². The van der Waals surface area contributed by atoms with E-state index in [4.69, 9.17) is 9.97 Å². The van der Waals surface area contributed by atoms with Crippen LogP contribution in [0.25, 0.3) is 0 Å². The summed E-state index contributed by atoms with van der Waals surface area (Å²) in [6.45, 7) is 20.4. The number of benzene rings is 1. The normalized spacial score (nSPS) is 12.9. The number of aromatic nitrogens is 4. The molecule has 3 rings (SSSR count). The second-order valence-electron chi connectivity index (χ2n) is 9.77. The Labute approximate surface area is 220 Å². The lowest BCUT2D eigenvalue weighted by atomic mass is 9.93. The number of aryl methyl sites for hydroxylation is 1. The summed E-state index contributed by atoms with van der Waals surface area (Å²) in [6.07, 6.45) is 2.06. The third-order valence-corrected chi connectivity index (χ3v) is 7.36. The lowest BCUT2D eigenvalue weighted by molar-refractivity contribution is 0.368. The molecule has 0 aliphatic carbocycles. The molecule has 0 radical (unpaired) electrons. The van der Waals surface area contributed by atoms with Gasteiger partial charge in [-0.25, -0.2) is 9.97 Å². The third kappa shape index (κ3) is 7.75.